The molecule has 3 rings (SSSR count). The molecule has 5 nitrogen and oxygen atoms in total. The standard InChI is InChI=1S/C15H12N4O/c20-15(11-5-7-16-8-6-11)19-17-10-13-9-12-3-1-2-4-14(12)18-13/h1-10,17H,(H,19,20)/b13-10-. The summed E-state index contributed by atoms with van der Waals surface area (Å²) in [4.78, 5) is 20.0. The van der Waals surface area contributed by atoms with Gasteiger partial charge in [0.15, 0.2) is 0 Å². The molecule has 0 radical (unpaired) electrons. The first-order chi connectivity index (χ1) is 9.83. The first-order valence-corrected chi connectivity index (χ1v) is 6.14. The maximum atomic E-state index is 11.8. The number of benzene rings is 1. The maximum Gasteiger partial charge on any atom is 0.269 e. The van der Waals surface area contributed by atoms with Crippen molar-refractivity contribution in [1.82, 2.24) is 15.8 Å². The lowest BCUT2D eigenvalue weighted by Crippen LogP contribution is -2.33. The molecule has 1 aliphatic rings. The Kier molecular flexibility index (Phi) is 3.24. The van der Waals surface area contributed by atoms with Crippen molar-refractivity contribution in [3.05, 3.63) is 76.8 Å². The summed E-state index contributed by atoms with van der Waals surface area (Å²) in [5.41, 5.74) is 6.64. The van der Waals surface area contributed by atoms with Crippen LogP contribution in [0.1, 0.15) is 10.4 Å². The number of amides is 1. The van der Waals surface area contributed by atoms with Gasteiger partial charge in [0.25, 0.3) is 5.91 Å². The number of carbonyl (C=O) groups excluding carboxylic acids is 1. The van der Waals surface area contributed by atoms with Crippen molar-refractivity contribution < 1.29 is 4.79 Å². The highest BCUT2D eigenvalue weighted by atomic mass is 16.2. The second-order valence-corrected chi connectivity index (χ2v) is 4.22. The van der Waals surface area contributed by atoms with E-state index in [4.69, 9.17) is 0 Å². The Balaban J connectivity index is 1.65. The highest BCUT2D eigenvalue weighted by molar-refractivity contribution is 5.93. The van der Waals surface area contributed by atoms with Crippen LogP contribution in [0.25, 0.3) is 6.08 Å². The average Bonchev–Trinajstić information content (AvgIpc) is 2.90. The lowest BCUT2D eigenvalue weighted by atomic mass is 10.3. The van der Waals surface area contributed by atoms with Crippen molar-refractivity contribution in [2.45, 2.75) is 0 Å². The summed E-state index contributed by atoms with van der Waals surface area (Å²) in [6.07, 6.45) is 6.74. The molecule has 5 heteroatoms. The molecule has 2 N–H and O–H groups in total. The summed E-state index contributed by atoms with van der Waals surface area (Å²) in [5.74, 6) is -0.222. The van der Waals surface area contributed by atoms with E-state index in [1.807, 2.05) is 30.3 Å². The molecule has 1 aliphatic heterocycles. The van der Waals surface area contributed by atoms with Crippen molar-refractivity contribution in [1.29, 1.82) is 0 Å². The normalized spacial score (nSPS) is 14.1. The van der Waals surface area contributed by atoms with Crippen LogP contribution >= 0.6 is 0 Å². The number of pyridine rings is 1. The smallest absolute Gasteiger partial charge is 0.269 e. The lowest BCUT2D eigenvalue weighted by Gasteiger charge is -2.03. The molecular formula is C15H12N4O. The molecule has 0 fully saturated rings. The predicted molar refractivity (Wildman–Crippen MR) is 74.6 cm³/mol. The fourth-order valence-electron chi connectivity index (χ4n) is 1.87. The number of fused-ring (bicyclic) bond motifs is 1. The molecule has 0 spiro atoms. The molecule has 20 heavy (non-hydrogen) atoms. The molecule has 0 saturated heterocycles. The number of nitrogens with zero attached hydrogens (tertiary/aromatic N) is 2. The Labute approximate surface area is 115 Å². The summed E-state index contributed by atoms with van der Waals surface area (Å²) in [5, 5.41) is 2.00. The summed E-state index contributed by atoms with van der Waals surface area (Å²) in [6, 6.07) is 11.1. The minimum Gasteiger partial charge on any atom is -0.303 e. The molecule has 0 saturated carbocycles. The van der Waals surface area contributed by atoms with Crippen LogP contribution in [-0.4, -0.2) is 10.9 Å². The molecule has 0 atom stereocenters. The minimum absolute atomic E-state index is 0.222. The number of nitrogens with one attached hydrogen (secondary N) is 2. The van der Waals surface area contributed by atoms with Crippen LogP contribution < -0.4 is 21.4 Å². The summed E-state index contributed by atoms with van der Waals surface area (Å²) < 4.78 is 0. The summed E-state index contributed by atoms with van der Waals surface area (Å²) in [7, 11) is 0. The van der Waals surface area contributed by atoms with Gasteiger partial charge >= 0.3 is 0 Å². The first-order valence-electron chi connectivity index (χ1n) is 6.14. The molecule has 1 amide bonds. The van der Waals surface area contributed by atoms with Gasteiger partial charge in [0, 0.05) is 29.4 Å². The van der Waals surface area contributed by atoms with Gasteiger partial charge in [-0.3, -0.25) is 15.2 Å². The largest absolute Gasteiger partial charge is 0.303 e. The quantitative estimate of drug-likeness (QED) is 0.782. The molecule has 1 aromatic carbocycles. The van der Waals surface area contributed by atoms with E-state index in [1.54, 1.807) is 30.7 Å². The Morgan fingerprint density at radius 1 is 1.10 bits per heavy atom. The van der Waals surface area contributed by atoms with E-state index in [9.17, 15) is 4.79 Å². The number of carbonyl (C=O) groups is 1. The van der Waals surface area contributed by atoms with Gasteiger partial charge in [-0.15, -0.1) is 0 Å². The van der Waals surface area contributed by atoms with Gasteiger partial charge in [0.05, 0.1) is 11.1 Å². The van der Waals surface area contributed by atoms with Crippen LogP contribution in [0.2, 0.25) is 0 Å². The Hall–Kier alpha value is -2.95. The van der Waals surface area contributed by atoms with Crippen LogP contribution in [0.5, 0.6) is 0 Å². The van der Waals surface area contributed by atoms with E-state index in [0.717, 1.165) is 16.3 Å². The van der Waals surface area contributed by atoms with E-state index >= 15 is 0 Å². The van der Waals surface area contributed by atoms with Gasteiger partial charge in [-0.05, 0) is 24.3 Å². The van der Waals surface area contributed by atoms with E-state index < -0.39 is 0 Å². The number of para-hydroxylation sites is 1. The maximum absolute atomic E-state index is 11.8. The van der Waals surface area contributed by atoms with Gasteiger partial charge in [-0.25, -0.2) is 4.99 Å². The van der Waals surface area contributed by atoms with Crippen molar-refractivity contribution >= 4 is 12.0 Å². The molecule has 2 heterocycles. The van der Waals surface area contributed by atoms with E-state index in [2.05, 4.69) is 20.8 Å². The molecule has 1 aromatic heterocycles. The second-order valence-electron chi connectivity index (χ2n) is 4.22. The fraction of sp³-hybridized carbons (Fsp3) is 0. The third-order valence-corrected chi connectivity index (χ3v) is 2.84. The van der Waals surface area contributed by atoms with E-state index in [-0.39, 0.29) is 5.91 Å². The van der Waals surface area contributed by atoms with E-state index in [1.165, 1.54) is 0 Å². The molecule has 0 bridgehead atoms. The number of hydrogen-bond donors (Lipinski definition) is 2. The molecule has 98 valence electrons. The zero-order chi connectivity index (χ0) is 13.8. The Morgan fingerprint density at radius 3 is 2.70 bits per heavy atom. The number of hydrogen-bond acceptors (Lipinski definition) is 4. The van der Waals surface area contributed by atoms with Crippen LogP contribution in [0.15, 0.2) is 65.7 Å². The van der Waals surface area contributed by atoms with Gasteiger partial charge in [0.1, 0.15) is 0 Å². The van der Waals surface area contributed by atoms with Gasteiger partial charge in [-0.1, -0.05) is 18.2 Å². The zero-order valence-corrected chi connectivity index (χ0v) is 10.6. The fourth-order valence-corrected chi connectivity index (χ4v) is 1.87. The minimum atomic E-state index is -0.222. The Morgan fingerprint density at radius 2 is 1.90 bits per heavy atom. The van der Waals surface area contributed by atoms with Gasteiger partial charge < -0.3 is 5.43 Å². The van der Waals surface area contributed by atoms with Crippen LogP contribution in [0, 0.1) is 0 Å². The van der Waals surface area contributed by atoms with Gasteiger partial charge in [-0.2, -0.15) is 0 Å². The predicted octanol–water partition coefficient (Wildman–Crippen LogP) is 0.271. The van der Waals surface area contributed by atoms with Gasteiger partial charge in [0.2, 0.25) is 0 Å². The topological polar surface area (TPSA) is 66.4 Å². The van der Waals surface area contributed by atoms with Crippen LogP contribution in [0.3, 0.4) is 0 Å². The lowest BCUT2D eigenvalue weighted by molar-refractivity contribution is 0.0941. The molecule has 2 aromatic rings. The number of rotatable bonds is 3. The number of allylic oxidation sites excluding steroid dienone is 1. The third-order valence-electron chi connectivity index (χ3n) is 2.84. The highest BCUT2D eigenvalue weighted by Crippen LogP contribution is 1.99. The van der Waals surface area contributed by atoms with Crippen molar-refractivity contribution in [3.63, 3.8) is 0 Å². The third kappa shape index (κ3) is 2.56. The number of aromatic nitrogens is 1. The average molecular weight is 264 g/mol. The zero-order valence-electron chi connectivity index (χ0n) is 10.6. The van der Waals surface area contributed by atoms with Crippen molar-refractivity contribution in [2.75, 3.05) is 0 Å². The first kappa shape index (κ1) is 12.1. The monoisotopic (exact) mass is 264 g/mol. The number of hydrazine groups is 1. The van der Waals surface area contributed by atoms with Crippen LogP contribution in [-0.2, 0) is 0 Å². The summed E-state index contributed by atoms with van der Waals surface area (Å²) in [6.45, 7) is 0. The Bertz CT molecular complexity index is 744. The van der Waals surface area contributed by atoms with E-state index in [0.29, 0.717) is 5.56 Å². The summed E-state index contributed by atoms with van der Waals surface area (Å²) >= 11 is 0. The highest BCUT2D eigenvalue weighted by Gasteiger charge is 2.03. The van der Waals surface area contributed by atoms with Crippen molar-refractivity contribution in [2.24, 2.45) is 4.99 Å². The molecule has 0 aliphatic carbocycles. The SMILES string of the molecule is O=C(NN/C=C1/C=c2ccccc2=N1)c1ccncc1. The molecule has 0 unspecified atom stereocenters. The van der Waals surface area contributed by atoms with Crippen LogP contribution in [0.4, 0.5) is 0 Å². The molecular weight excluding hydrogens is 252 g/mol. The second kappa shape index (κ2) is 5.36. The van der Waals surface area contributed by atoms with Crippen molar-refractivity contribution in [3.8, 4) is 0 Å².